The van der Waals surface area contributed by atoms with Crippen LogP contribution in [0.15, 0.2) is 40.9 Å². The Morgan fingerprint density at radius 1 is 1.30 bits per heavy atom. The van der Waals surface area contributed by atoms with Gasteiger partial charge in [-0.3, -0.25) is 4.79 Å². The van der Waals surface area contributed by atoms with Crippen LogP contribution in [0, 0.1) is 5.82 Å². The van der Waals surface area contributed by atoms with Crippen molar-refractivity contribution in [1.29, 1.82) is 0 Å². The van der Waals surface area contributed by atoms with Gasteiger partial charge in [-0.25, -0.2) is 4.39 Å². The first kappa shape index (κ1) is 15.0. The summed E-state index contributed by atoms with van der Waals surface area (Å²) < 4.78 is 19.1. The van der Waals surface area contributed by atoms with Gasteiger partial charge in [-0.05, 0) is 36.4 Å². The number of hydrogen-bond donors (Lipinski definition) is 0. The van der Waals surface area contributed by atoms with Gasteiger partial charge in [-0.1, -0.05) is 27.5 Å². The average molecular weight is 358 g/mol. The molecule has 2 nitrogen and oxygen atoms in total. The van der Waals surface area contributed by atoms with Crippen LogP contribution < -0.4 is 4.74 Å². The van der Waals surface area contributed by atoms with E-state index in [2.05, 4.69) is 15.9 Å². The monoisotopic (exact) mass is 356 g/mol. The van der Waals surface area contributed by atoms with Crippen molar-refractivity contribution >= 4 is 33.3 Å². The van der Waals surface area contributed by atoms with Crippen LogP contribution in [0.2, 0.25) is 5.02 Å². The molecule has 2 aromatic rings. The minimum Gasteiger partial charge on any atom is -0.496 e. The second-order valence-corrected chi connectivity index (χ2v) is 5.50. The number of Topliss-reactive ketones (excluding diaryl/α,β-unsaturated/α-hetero) is 1. The summed E-state index contributed by atoms with van der Waals surface area (Å²) in [5.41, 5.74) is 1.04. The Morgan fingerprint density at radius 3 is 2.70 bits per heavy atom. The highest BCUT2D eigenvalue weighted by molar-refractivity contribution is 9.10. The first-order valence-corrected chi connectivity index (χ1v) is 6.99. The van der Waals surface area contributed by atoms with Crippen molar-refractivity contribution < 1.29 is 13.9 Å². The zero-order valence-corrected chi connectivity index (χ0v) is 13.0. The van der Waals surface area contributed by atoms with Gasteiger partial charge in [0.05, 0.1) is 12.1 Å². The van der Waals surface area contributed by atoms with E-state index in [1.165, 1.54) is 12.1 Å². The SMILES string of the molecule is COc1ccc(Br)cc1CC(=O)c1ccc(F)cc1Cl. The van der Waals surface area contributed by atoms with Gasteiger partial charge in [0.2, 0.25) is 0 Å². The molecule has 0 aliphatic carbocycles. The van der Waals surface area contributed by atoms with Crippen LogP contribution in [0.25, 0.3) is 0 Å². The molecule has 2 aromatic carbocycles. The fourth-order valence-corrected chi connectivity index (χ4v) is 2.55. The lowest BCUT2D eigenvalue weighted by molar-refractivity contribution is 0.0992. The minimum absolute atomic E-state index is 0.115. The Labute approximate surface area is 129 Å². The number of benzene rings is 2. The number of rotatable bonds is 4. The van der Waals surface area contributed by atoms with Crippen LogP contribution in [0.1, 0.15) is 15.9 Å². The second-order valence-electron chi connectivity index (χ2n) is 4.18. The zero-order valence-electron chi connectivity index (χ0n) is 10.6. The molecule has 0 saturated carbocycles. The summed E-state index contributed by atoms with van der Waals surface area (Å²) in [4.78, 5) is 12.2. The summed E-state index contributed by atoms with van der Waals surface area (Å²) in [6, 6.07) is 9.17. The molecule has 0 amide bonds. The molecular weight excluding hydrogens is 347 g/mol. The molecule has 104 valence electrons. The summed E-state index contributed by atoms with van der Waals surface area (Å²) in [7, 11) is 1.54. The lowest BCUT2D eigenvalue weighted by Crippen LogP contribution is -2.06. The number of hydrogen-bond acceptors (Lipinski definition) is 2. The van der Waals surface area contributed by atoms with Crippen molar-refractivity contribution in [3.05, 3.63) is 62.8 Å². The fourth-order valence-electron chi connectivity index (χ4n) is 1.87. The van der Waals surface area contributed by atoms with Gasteiger partial charge in [0, 0.05) is 22.0 Å². The molecule has 2 rings (SSSR count). The van der Waals surface area contributed by atoms with Crippen molar-refractivity contribution in [1.82, 2.24) is 0 Å². The van der Waals surface area contributed by atoms with E-state index < -0.39 is 5.82 Å². The molecule has 0 atom stereocenters. The smallest absolute Gasteiger partial charge is 0.168 e. The summed E-state index contributed by atoms with van der Waals surface area (Å²) in [5.74, 6) is -0.0298. The molecule has 0 radical (unpaired) electrons. The van der Waals surface area contributed by atoms with Crippen LogP contribution >= 0.6 is 27.5 Å². The molecule has 0 spiro atoms. The first-order valence-electron chi connectivity index (χ1n) is 5.82. The van der Waals surface area contributed by atoms with Crippen LogP contribution in [-0.2, 0) is 6.42 Å². The van der Waals surface area contributed by atoms with E-state index in [4.69, 9.17) is 16.3 Å². The zero-order chi connectivity index (χ0) is 14.7. The minimum atomic E-state index is -0.466. The van der Waals surface area contributed by atoms with E-state index >= 15 is 0 Å². The predicted octanol–water partition coefficient (Wildman–Crippen LogP) is 4.68. The highest BCUT2D eigenvalue weighted by atomic mass is 79.9. The fraction of sp³-hybridized carbons (Fsp3) is 0.133. The maximum atomic E-state index is 13.0. The van der Waals surface area contributed by atoms with Crippen molar-refractivity contribution in [2.75, 3.05) is 7.11 Å². The summed E-state index contributed by atoms with van der Waals surface area (Å²) >= 11 is 9.25. The number of carbonyl (C=O) groups excluding carboxylic acids is 1. The Morgan fingerprint density at radius 2 is 2.05 bits per heavy atom. The lowest BCUT2D eigenvalue weighted by Gasteiger charge is -2.09. The van der Waals surface area contributed by atoms with Crippen LogP contribution in [0.4, 0.5) is 4.39 Å². The quantitative estimate of drug-likeness (QED) is 0.743. The standard InChI is InChI=1S/C15H11BrClFO2/c1-20-15-5-2-10(16)6-9(15)7-14(19)12-4-3-11(18)8-13(12)17/h2-6,8H,7H2,1H3. The first-order chi connectivity index (χ1) is 9.51. The van der Waals surface area contributed by atoms with Gasteiger partial charge in [0.25, 0.3) is 0 Å². The summed E-state index contributed by atoms with van der Waals surface area (Å²) in [6.45, 7) is 0. The third kappa shape index (κ3) is 3.38. The molecule has 20 heavy (non-hydrogen) atoms. The van der Waals surface area contributed by atoms with E-state index in [0.717, 1.165) is 16.1 Å². The van der Waals surface area contributed by atoms with E-state index in [-0.39, 0.29) is 17.2 Å². The number of ether oxygens (including phenoxy) is 1. The van der Waals surface area contributed by atoms with Crippen molar-refractivity contribution in [2.45, 2.75) is 6.42 Å². The molecule has 0 fully saturated rings. The van der Waals surface area contributed by atoms with Crippen molar-refractivity contribution in [2.24, 2.45) is 0 Å². The van der Waals surface area contributed by atoms with Crippen molar-refractivity contribution in [3.8, 4) is 5.75 Å². The van der Waals surface area contributed by atoms with Gasteiger partial charge in [0.1, 0.15) is 11.6 Å². The highest BCUT2D eigenvalue weighted by Crippen LogP contribution is 2.26. The normalized spacial score (nSPS) is 10.4. The maximum absolute atomic E-state index is 13.0. The van der Waals surface area contributed by atoms with E-state index in [1.54, 1.807) is 13.2 Å². The van der Waals surface area contributed by atoms with Crippen molar-refractivity contribution in [3.63, 3.8) is 0 Å². The van der Waals surface area contributed by atoms with Crippen LogP contribution in [-0.4, -0.2) is 12.9 Å². The van der Waals surface area contributed by atoms with E-state index in [1.807, 2.05) is 12.1 Å². The predicted molar refractivity (Wildman–Crippen MR) is 80.1 cm³/mol. The Balaban J connectivity index is 2.30. The Bertz CT molecular complexity index is 658. The molecule has 0 unspecified atom stereocenters. The largest absolute Gasteiger partial charge is 0.496 e. The van der Waals surface area contributed by atoms with E-state index in [0.29, 0.717) is 11.3 Å². The maximum Gasteiger partial charge on any atom is 0.168 e. The number of ketones is 1. The summed E-state index contributed by atoms with van der Waals surface area (Å²) in [5, 5.41) is 0.115. The van der Waals surface area contributed by atoms with Gasteiger partial charge in [-0.15, -0.1) is 0 Å². The van der Waals surface area contributed by atoms with Gasteiger partial charge in [-0.2, -0.15) is 0 Å². The van der Waals surface area contributed by atoms with Gasteiger partial charge < -0.3 is 4.74 Å². The number of carbonyl (C=O) groups is 1. The van der Waals surface area contributed by atoms with Crippen LogP contribution in [0.3, 0.4) is 0 Å². The molecule has 0 aromatic heterocycles. The van der Waals surface area contributed by atoms with Crippen LogP contribution in [0.5, 0.6) is 5.75 Å². The van der Waals surface area contributed by atoms with Gasteiger partial charge >= 0.3 is 0 Å². The summed E-state index contributed by atoms with van der Waals surface area (Å²) in [6.07, 6.45) is 0.133. The third-order valence-electron chi connectivity index (χ3n) is 2.82. The molecule has 0 N–H and O–H groups in total. The van der Waals surface area contributed by atoms with Gasteiger partial charge in [0.15, 0.2) is 5.78 Å². The molecule has 0 bridgehead atoms. The number of methoxy groups -OCH3 is 1. The molecule has 0 saturated heterocycles. The molecule has 5 heteroatoms. The lowest BCUT2D eigenvalue weighted by atomic mass is 10.0. The third-order valence-corrected chi connectivity index (χ3v) is 3.63. The average Bonchev–Trinajstić information content (AvgIpc) is 2.38. The molecular formula is C15H11BrClFO2. The second kappa shape index (κ2) is 6.37. The van der Waals surface area contributed by atoms with E-state index in [9.17, 15) is 9.18 Å². The molecule has 0 aliphatic heterocycles. The number of halogens is 3. The Kier molecular flexibility index (Phi) is 4.78. The molecule has 0 aliphatic rings. The Hall–Kier alpha value is -1.39. The molecule has 0 heterocycles. The topological polar surface area (TPSA) is 26.3 Å². The highest BCUT2D eigenvalue weighted by Gasteiger charge is 2.14.